The molecule has 122 valence electrons. The van der Waals surface area contributed by atoms with Crippen molar-refractivity contribution in [2.24, 2.45) is 4.99 Å². The van der Waals surface area contributed by atoms with Gasteiger partial charge in [0.2, 0.25) is 0 Å². The number of aryl methyl sites for hydroxylation is 2. The molecule has 0 aliphatic carbocycles. The quantitative estimate of drug-likeness (QED) is 0.675. The van der Waals surface area contributed by atoms with Crippen LogP contribution < -0.4 is 4.74 Å². The normalized spacial score (nSPS) is 11.3. The molecule has 0 saturated heterocycles. The van der Waals surface area contributed by atoms with E-state index in [2.05, 4.69) is 30.9 Å². The van der Waals surface area contributed by atoms with Gasteiger partial charge in [0.05, 0.1) is 35.2 Å². The molecule has 1 heterocycles. The van der Waals surface area contributed by atoms with E-state index in [0.717, 1.165) is 32.6 Å². The van der Waals surface area contributed by atoms with Gasteiger partial charge in [0.1, 0.15) is 0 Å². The maximum Gasteiger partial charge on any atom is 0.166 e. The molecule has 0 unspecified atom stereocenters. The van der Waals surface area contributed by atoms with Crippen LogP contribution in [0.3, 0.4) is 0 Å². The first kappa shape index (κ1) is 16.4. The van der Waals surface area contributed by atoms with E-state index in [1.165, 1.54) is 7.11 Å². The summed E-state index contributed by atoms with van der Waals surface area (Å²) in [5, 5.41) is 10.2. The summed E-state index contributed by atoms with van der Waals surface area (Å²) in [4.78, 5) is 13.5. The summed E-state index contributed by atoms with van der Waals surface area (Å²) >= 11 is 3.39. The molecular weight excluding hydrogens is 370 g/mol. The second kappa shape index (κ2) is 6.57. The van der Waals surface area contributed by atoms with Crippen LogP contribution in [0.2, 0.25) is 0 Å². The molecule has 0 spiro atoms. The van der Waals surface area contributed by atoms with Gasteiger partial charge in [-0.3, -0.25) is 4.99 Å². The highest BCUT2D eigenvalue weighted by Crippen LogP contribution is 2.33. The van der Waals surface area contributed by atoms with Gasteiger partial charge in [-0.1, -0.05) is 15.9 Å². The van der Waals surface area contributed by atoms with Crippen LogP contribution in [0.25, 0.3) is 11.0 Å². The van der Waals surface area contributed by atoms with E-state index >= 15 is 0 Å². The maximum absolute atomic E-state index is 10.2. The number of hydrogen-bond acceptors (Lipinski definition) is 5. The molecule has 6 heteroatoms. The van der Waals surface area contributed by atoms with E-state index < -0.39 is 0 Å². The number of ether oxygens (including phenoxy) is 1. The predicted molar refractivity (Wildman–Crippen MR) is 98.6 cm³/mol. The SMILES string of the molecule is COc1cc(Br)cc(/C=N/c2ccc3nc(C)c(C)nc3c2)c1O. The molecule has 0 bridgehead atoms. The Morgan fingerprint density at radius 3 is 2.50 bits per heavy atom. The van der Waals surface area contributed by atoms with Gasteiger partial charge in [0, 0.05) is 16.3 Å². The lowest BCUT2D eigenvalue weighted by Gasteiger charge is -2.07. The Morgan fingerprint density at radius 2 is 1.79 bits per heavy atom. The molecule has 3 aromatic rings. The van der Waals surface area contributed by atoms with Crippen molar-refractivity contribution in [1.82, 2.24) is 9.97 Å². The summed E-state index contributed by atoms with van der Waals surface area (Å²) < 4.78 is 5.94. The number of phenols is 1. The summed E-state index contributed by atoms with van der Waals surface area (Å²) in [6.07, 6.45) is 1.60. The number of hydrogen-bond donors (Lipinski definition) is 1. The number of rotatable bonds is 3. The summed E-state index contributed by atoms with van der Waals surface area (Å²) in [5.41, 5.74) is 4.75. The number of methoxy groups -OCH3 is 1. The second-order valence-corrected chi connectivity index (χ2v) is 6.29. The molecule has 2 aromatic carbocycles. The number of phenolic OH excluding ortho intramolecular Hbond substituents is 1. The lowest BCUT2D eigenvalue weighted by Crippen LogP contribution is -1.92. The third-order valence-corrected chi connectivity index (χ3v) is 4.16. The summed E-state index contributed by atoms with van der Waals surface area (Å²) in [7, 11) is 1.51. The molecule has 24 heavy (non-hydrogen) atoms. The molecule has 0 aliphatic rings. The van der Waals surface area contributed by atoms with Crippen molar-refractivity contribution in [2.45, 2.75) is 13.8 Å². The van der Waals surface area contributed by atoms with Gasteiger partial charge in [-0.05, 0) is 44.2 Å². The van der Waals surface area contributed by atoms with Crippen molar-refractivity contribution >= 4 is 38.9 Å². The maximum atomic E-state index is 10.2. The zero-order valence-corrected chi connectivity index (χ0v) is 15.1. The highest BCUT2D eigenvalue weighted by atomic mass is 79.9. The standard InChI is InChI=1S/C18H16BrN3O2/c1-10-11(2)22-16-8-14(4-5-15(16)21-10)20-9-12-6-13(19)7-17(24-3)18(12)23/h4-9,23H,1-3H3/b20-9+. The zero-order chi connectivity index (χ0) is 17.3. The van der Waals surface area contributed by atoms with E-state index in [-0.39, 0.29) is 5.75 Å². The van der Waals surface area contributed by atoms with Crippen LogP contribution in [0, 0.1) is 13.8 Å². The van der Waals surface area contributed by atoms with Gasteiger partial charge in [0.25, 0.3) is 0 Å². The largest absolute Gasteiger partial charge is 0.504 e. The zero-order valence-electron chi connectivity index (χ0n) is 13.5. The van der Waals surface area contributed by atoms with Crippen molar-refractivity contribution in [3.8, 4) is 11.5 Å². The van der Waals surface area contributed by atoms with E-state index in [9.17, 15) is 5.11 Å². The molecule has 0 saturated carbocycles. The molecular formula is C18H16BrN3O2. The van der Waals surface area contributed by atoms with Crippen molar-refractivity contribution < 1.29 is 9.84 Å². The smallest absolute Gasteiger partial charge is 0.166 e. The van der Waals surface area contributed by atoms with Crippen molar-refractivity contribution in [3.63, 3.8) is 0 Å². The fourth-order valence-corrected chi connectivity index (χ4v) is 2.75. The van der Waals surface area contributed by atoms with Crippen molar-refractivity contribution in [2.75, 3.05) is 7.11 Å². The number of benzene rings is 2. The molecule has 0 atom stereocenters. The van der Waals surface area contributed by atoms with E-state index in [4.69, 9.17) is 4.74 Å². The summed E-state index contributed by atoms with van der Waals surface area (Å²) in [5.74, 6) is 0.442. The van der Waals surface area contributed by atoms with Crippen molar-refractivity contribution in [3.05, 3.63) is 51.8 Å². The van der Waals surface area contributed by atoms with E-state index in [1.807, 2.05) is 32.0 Å². The lowest BCUT2D eigenvalue weighted by molar-refractivity contribution is 0.373. The van der Waals surface area contributed by atoms with Crippen LogP contribution in [-0.4, -0.2) is 28.4 Å². The second-order valence-electron chi connectivity index (χ2n) is 5.37. The number of aliphatic imine (C=N–C) groups is 1. The first-order chi connectivity index (χ1) is 11.5. The van der Waals surface area contributed by atoms with Crippen LogP contribution in [-0.2, 0) is 0 Å². The minimum atomic E-state index is 0.0523. The molecule has 0 aliphatic heterocycles. The number of nitrogens with zero attached hydrogens (tertiary/aromatic N) is 3. The van der Waals surface area contributed by atoms with Gasteiger partial charge in [-0.25, -0.2) is 9.97 Å². The first-order valence-electron chi connectivity index (χ1n) is 7.33. The topological polar surface area (TPSA) is 67.6 Å². The van der Waals surface area contributed by atoms with Crippen LogP contribution in [0.5, 0.6) is 11.5 Å². The van der Waals surface area contributed by atoms with E-state index in [1.54, 1.807) is 18.3 Å². The third kappa shape index (κ3) is 3.23. The fourth-order valence-electron chi connectivity index (χ4n) is 2.29. The summed E-state index contributed by atoms with van der Waals surface area (Å²) in [6.45, 7) is 3.88. The van der Waals surface area contributed by atoms with Crippen LogP contribution in [0.15, 0.2) is 39.8 Å². The highest BCUT2D eigenvalue weighted by Gasteiger charge is 2.08. The molecule has 0 fully saturated rings. The first-order valence-corrected chi connectivity index (χ1v) is 8.13. The predicted octanol–water partition coefficient (Wildman–Crippen LogP) is 4.47. The summed E-state index contributed by atoms with van der Waals surface area (Å²) in [6, 6.07) is 9.11. The number of fused-ring (bicyclic) bond motifs is 1. The number of aromatic nitrogens is 2. The molecule has 5 nitrogen and oxygen atoms in total. The monoisotopic (exact) mass is 385 g/mol. The minimum Gasteiger partial charge on any atom is -0.504 e. The minimum absolute atomic E-state index is 0.0523. The molecule has 1 N–H and O–H groups in total. The van der Waals surface area contributed by atoms with Gasteiger partial charge in [0.15, 0.2) is 11.5 Å². The number of aromatic hydroxyl groups is 1. The number of halogens is 1. The Morgan fingerprint density at radius 1 is 1.08 bits per heavy atom. The van der Waals surface area contributed by atoms with Crippen LogP contribution in [0.1, 0.15) is 17.0 Å². The lowest BCUT2D eigenvalue weighted by atomic mass is 10.2. The highest BCUT2D eigenvalue weighted by molar-refractivity contribution is 9.10. The fraction of sp³-hybridized carbons (Fsp3) is 0.167. The van der Waals surface area contributed by atoms with Gasteiger partial charge in [-0.2, -0.15) is 0 Å². The van der Waals surface area contributed by atoms with E-state index in [0.29, 0.717) is 11.3 Å². The van der Waals surface area contributed by atoms with Gasteiger partial charge < -0.3 is 9.84 Å². The van der Waals surface area contributed by atoms with Gasteiger partial charge >= 0.3 is 0 Å². The Labute approximate surface area is 148 Å². The Balaban J connectivity index is 1.99. The molecule has 1 aromatic heterocycles. The Bertz CT molecular complexity index is 955. The van der Waals surface area contributed by atoms with Crippen LogP contribution >= 0.6 is 15.9 Å². The Hall–Kier alpha value is -2.47. The molecule has 0 radical (unpaired) electrons. The van der Waals surface area contributed by atoms with Gasteiger partial charge in [-0.15, -0.1) is 0 Å². The average Bonchev–Trinajstić information content (AvgIpc) is 2.56. The average molecular weight is 386 g/mol. The van der Waals surface area contributed by atoms with Crippen LogP contribution in [0.4, 0.5) is 5.69 Å². The van der Waals surface area contributed by atoms with Crippen molar-refractivity contribution in [1.29, 1.82) is 0 Å². The molecule has 0 amide bonds. The Kier molecular flexibility index (Phi) is 4.49. The molecule has 3 rings (SSSR count). The third-order valence-electron chi connectivity index (χ3n) is 3.70.